The molecular weight excluding hydrogens is 360 g/mol. The van der Waals surface area contributed by atoms with Crippen molar-refractivity contribution in [3.05, 3.63) is 75.2 Å². The summed E-state index contributed by atoms with van der Waals surface area (Å²) in [6, 6.07) is 11.7. The van der Waals surface area contributed by atoms with Gasteiger partial charge in [-0.2, -0.15) is 16.4 Å². The fraction of sp³-hybridized carbons (Fsp3) is 0.300. The molecule has 2 aromatic heterocycles. The normalized spacial score (nSPS) is 14.6. The molecule has 0 saturated carbocycles. The Bertz CT molecular complexity index is 892. The molecule has 27 heavy (non-hydrogen) atoms. The average molecular weight is 382 g/mol. The number of nitrogens with zero attached hydrogens (tertiary/aromatic N) is 2. The highest BCUT2D eigenvalue weighted by atomic mass is 32.1. The number of fused-ring (bicyclic) bond motifs is 1. The number of nitrogens with one attached hydrogen (secondary N) is 2. The van der Waals surface area contributed by atoms with Gasteiger partial charge in [-0.1, -0.05) is 30.3 Å². The van der Waals surface area contributed by atoms with Crippen LogP contribution in [0.5, 0.6) is 0 Å². The lowest BCUT2D eigenvalue weighted by Crippen LogP contribution is -2.35. The minimum atomic E-state index is -0.725. The van der Waals surface area contributed by atoms with Crippen LogP contribution in [0.15, 0.2) is 47.2 Å². The molecular formula is C20H22N4O2S. The number of benzene rings is 1. The summed E-state index contributed by atoms with van der Waals surface area (Å²) in [4.78, 5) is 15.0. The van der Waals surface area contributed by atoms with Crippen LogP contribution in [-0.4, -0.2) is 39.2 Å². The fourth-order valence-corrected chi connectivity index (χ4v) is 4.06. The van der Waals surface area contributed by atoms with Gasteiger partial charge in [0.2, 0.25) is 0 Å². The molecule has 6 nitrogen and oxygen atoms in total. The van der Waals surface area contributed by atoms with E-state index in [0.29, 0.717) is 18.8 Å². The van der Waals surface area contributed by atoms with Crippen molar-refractivity contribution in [1.82, 2.24) is 20.4 Å². The third-order valence-electron chi connectivity index (χ3n) is 4.83. The molecule has 0 bridgehead atoms. The van der Waals surface area contributed by atoms with Gasteiger partial charge in [-0.05, 0) is 28.0 Å². The quantitative estimate of drug-likeness (QED) is 0.612. The van der Waals surface area contributed by atoms with Crippen LogP contribution in [0.3, 0.4) is 0 Å². The fourth-order valence-electron chi connectivity index (χ4n) is 3.35. The van der Waals surface area contributed by atoms with Gasteiger partial charge >= 0.3 is 0 Å². The SMILES string of the molecule is O=C(c1n[nH]c2c1CNCC2)N(Cc1ccccc1)CC(O)c1ccsc1. The Morgan fingerprint density at radius 2 is 2.15 bits per heavy atom. The first-order valence-corrected chi connectivity index (χ1v) is 9.97. The Balaban J connectivity index is 1.60. The number of H-pyrrole nitrogens is 1. The van der Waals surface area contributed by atoms with Crippen LogP contribution in [0.25, 0.3) is 0 Å². The predicted molar refractivity (Wildman–Crippen MR) is 104 cm³/mol. The molecule has 3 N–H and O–H groups in total. The highest BCUT2D eigenvalue weighted by molar-refractivity contribution is 7.07. The zero-order chi connectivity index (χ0) is 18.6. The standard InChI is InChI=1S/C20H22N4O2S/c25-18(15-7-9-27-13-15)12-24(11-14-4-2-1-3-5-14)20(26)19-16-10-21-8-6-17(16)22-23-19/h1-5,7,9,13,18,21,25H,6,8,10-12H2,(H,22,23). The van der Waals surface area contributed by atoms with Crippen molar-refractivity contribution in [3.8, 4) is 0 Å². The van der Waals surface area contributed by atoms with Gasteiger partial charge in [0.1, 0.15) is 0 Å². The van der Waals surface area contributed by atoms with E-state index >= 15 is 0 Å². The molecule has 140 valence electrons. The van der Waals surface area contributed by atoms with Gasteiger partial charge in [0.15, 0.2) is 5.69 Å². The summed E-state index contributed by atoms with van der Waals surface area (Å²) in [6.45, 7) is 2.17. The lowest BCUT2D eigenvalue weighted by molar-refractivity contribution is 0.0597. The number of rotatable bonds is 6. The first kappa shape index (κ1) is 17.9. The van der Waals surface area contributed by atoms with Gasteiger partial charge in [-0.25, -0.2) is 0 Å². The van der Waals surface area contributed by atoms with Crippen molar-refractivity contribution in [2.45, 2.75) is 25.6 Å². The maximum absolute atomic E-state index is 13.3. The number of carbonyl (C=O) groups is 1. The summed E-state index contributed by atoms with van der Waals surface area (Å²) in [5, 5.41) is 25.1. The summed E-state index contributed by atoms with van der Waals surface area (Å²) in [5.41, 5.74) is 4.26. The van der Waals surface area contributed by atoms with E-state index in [1.54, 1.807) is 4.90 Å². The van der Waals surface area contributed by atoms with E-state index in [1.807, 2.05) is 47.2 Å². The van der Waals surface area contributed by atoms with Crippen molar-refractivity contribution in [2.24, 2.45) is 0 Å². The first-order chi connectivity index (χ1) is 13.2. The lowest BCUT2D eigenvalue weighted by Gasteiger charge is -2.25. The zero-order valence-corrected chi connectivity index (χ0v) is 15.7. The molecule has 0 saturated heterocycles. The number of thiophene rings is 1. The van der Waals surface area contributed by atoms with Gasteiger partial charge in [-0.15, -0.1) is 0 Å². The van der Waals surface area contributed by atoms with E-state index in [-0.39, 0.29) is 12.5 Å². The molecule has 0 radical (unpaired) electrons. The van der Waals surface area contributed by atoms with Gasteiger partial charge < -0.3 is 15.3 Å². The molecule has 0 fully saturated rings. The summed E-state index contributed by atoms with van der Waals surface area (Å²) < 4.78 is 0. The maximum atomic E-state index is 13.3. The van der Waals surface area contributed by atoms with Crippen molar-refractivity contribution in [2.75, 3.05) is 13.1 Å². The number of amides is 1. The Hall–Kier alpha value is -2.48. The molecule has 1 amide bonds. The van der Waals surface area contributed by atoms with E-state index in [0.717, 1.165) is 35.3 Å². The minimum absolute atomic E-state index is 0.158. The average Bonchev–Trinajstić information content (AvgIpc) is 3.38. The first-order valence-electron chi connectivity index (χ1n) is 9.02. The van der Waals surface area contributed by atoms with Gasteiger partial charge in [-0.3, -0.25) is 9.89 Å². The zero-order valence-electron chi connectivity index (χ0n) is 14.9. The second kappa shape index (κ2) is 8.04. The molecule has 1 aromatic carbocycles. The number of aromatic amines is 1. The van der Waals surface area contributed by atoms with Gasteiger partial charge in [0.25, 0.3) is 5.91 Å². The molecule has 3 aromatic rings. The second-order valence-electron chi connectivity index (χ2n) is 6.70. The van der Waals surface area contributed by atoms with Gasteiger partial charge in [0, 0.05) is 37.3 Å². The molecule has 1 unspecified atom stereocenters. The second-order valence-corrected chi connectivity index (χ2v) is 7.48. The van der Waals surface area contributed by atoms with Crippen LogP contribution in [0.1, 0.15) is 39.0 Å². The smallest absolute Gasteiger partial charge is 0.275 e. The van der Waals surface area contributed by atoms with Crippen LogP contribution in [0.2, 0.25) is 0 Å². The number of hydrogen-bond acceptors (Lipinski definition) is 5. The molecule has 7 heteroatoms. The highest BCUT2D eigenvalue weighted by Gasteiger charge is 2.27. The summed E-state index contributed by atoms with van der Waals surface area (Å²) in [7, 11) is 0. The molecule has 1 aliphatic heterocycles. The molecule has 1 aliphatic rings. The van der Waals surface area contributed by atoms with Crippen molar-refractivity contribution in [3.63, 3.8) is 0 Å². The highest BCUT2D eigenvalue weighted by Crippen LogP contribution is 2.22. The van der Waals surface area contributed by atoms with E-state index in [2.05, 4.69) is 15.5 Å². The topological polar surface area (TPSA) is 81.2 Å². The summed E-state index contributed by atoms with van der Waals surface area (Å²) >= 11 is 1.53. The van der Waals surface area contributed by atoms with Crippen LogP contribution in [0, 0.1) is 0 Å². The van der Waals surface area contributed by atoms with E-state index in [4.69, 9.17) is 0 Å². The number of aromatic nitrogens is 2. The van der Waals surface area contributed by atoms with Gasteiger partial charge in [0.05, 0.1) is 12.6 Å². The predicted octanol–water partition coefficient (Wildman–Crippen LogP) is 2.49. The molecule has 0 spiro atoms. The Kier molecular flexibility index (Phi) is 5.33. The van der Waals surface area contributed by atoms with Crippen molar-refractivity contribution in [1.29, 1.82) is 0 Å². The molecule has 1 atom stereocenters. The number of hydrogen-bond donors (Lipinski definition) is 3. The summed E-state index contributed by atoms with van der Waals surface area (Å²) in [6.07, 6.45) is 0.114. The largest absolute Gasteiger partial charge is 0.387 e. The third kappa shape index (κ3) is 3.95. The van der Waals surface area contributed by atoms with Crippen LogP contribution < -0.4 is 5.32 Å². The minimum Gasteiger partial charge on any atom is -0.387 e. The lowest BCUT2D eigenvalue weighted by atomic mass is 10.1. The van der Waals surface area contributed by atoms with E-state index < -0.39 is 6.10 Å². The molecule has 0 aliphatic carbocycles. The monoisotopic (exact) mass is 382 g/mol. The van der Waals surface area contributed by atoms with Crippen molar-refractivity contribution >= 4 is 17.2 Å². The number of aliphatic hydroxyl groups is 1. The van der Waals surface area contributed by atoms with Crippen LogP contribution >= 0.6 is 11.3 Å². The number of carbonyl (C=O) groups excluding carboxylic acids is 1. The maximum Gasteiger partial charge on any atom is 0.275 e. The summed E-state index contributed by atoms with van der Waals surface area (Å²) in [5.74, 6) is -0.158. The van der Waals surface area contributed by atoms with E-state index in [1.165, 1.54) is 11.3 Å². The molecule has 4 rings (SSSR count). The Labute approximate surface area is 161 Å². The Morgan fingerprint density at radius 3 is 2.93 bits per heavy atom. The number of aliphatic hydroxyl groups excluding tert-OH is 1. The van der Waals surface area contributed by atoms with Crippen LogP contribution in [0.4, 0.5) is 0 Å². The van der Waals surface area contributed by atoms with Crippen LogP contribution in [-0.2, 0) is 19.5 Å². The third-order valence-corrected chi connectivity index (χ3v) is 5.54. The van der Waals surface area contributed by atoms with Crippen molar-refractivity contribution < 1.29 is 9.90 Å². The Morgan fingerprint density at radius 1 is 1.30 bits per heavy atom. The van der Waals surface area contributed by atoms with E-state index in [9.17, 15) is 9.90 Å². The molecule has 3 heterocycles.